The molecule has 0 aliphatic heterocycles. The van der Waals surface area contributed by atoms with Crippen LogP contribution in [-0.4, -0.2) is 0 Å². The van der Waals surface area contributed by atoms with Crippen LogP contribution >= 0.6 is 24.8 Å². The Labute approximate surface area is 110 Å². The van der Waals surface area contributed by atoms with Crippen molar-refractivity contribution in [2.75, 3.05) is 0 Å². The van der Waals surface area contributed by atoms with Crippen molar-refractivity contribution in [1.82, 2.24) is 0 Å². The average molecular weight is 255 g/mol. The number of hydrogen-bond acceptors (Lipinski definition) is 0. The molecule has 0 unspecified atom stereocenters. The minimum absolute atomic E-state index is 0. The molecule has 0 heterocycles. The van der Waals surface area contributed by atoms with Gasteiger partial charge in [-0.1, -0.05) is 67.6 Å². The lowest BCUT2D eigenvalue weighted by atomic mass is 9.93. The molecule has 0 nitrogen and oxygen atoms in total. The maximum atomic E-state index is 2.24. The van der Waals surface area contributed by atoms with E-state index in [1.165, 1.54) is 11.1 Å². The molecular weight excluding hydrogens is 239 g/mol. The van der Waals surface area contributed by atoms with Crippen molar-refractivity contribution >= 4 is 24.8 Å². The fourth-order valence-electron chi connectivity index (χ4n) is 1.68. The van der Waals surface area contributed by atoms with Crippen molar-refractivity contribution in [2.45, 2.75) is 12.8 Å². The Morgan fingerprint density at radius 3 is 1.25 bits per heavy atom. The highest BCUT2D eigenvalue weighted by Gasteiger charge is 2.05. The van der Waals surface area contributed by atoms with Crippen LogP contribution in [0.15, 0.2) is 60.7 Å². The van der Waals surface area contributed by atoms with Gasteiger partial charge in [-0.3, -0.25) is 0 Å². The first-order valence-electron chi connectivity index (χ1n) is 4.98. The number of benzene rings is 2. The summed E-state index contributed by atoms with van der Waals surface area (Å²) in [5.74, 6) is 0.484. The molecule has 2 aromatic rings. The molecule has 0 amide bonds. The maximum Gasteiger partial charge on any atom is 0.00610 e. The van der Waals surface area contributed by atoms with Crippen LogP contribution in [0.1, 0.15) is 24.0 Å². The van der Waals surface area contributed by atoms with E-state index in [-0.39, 0.29) is 24.8 Å². The van der Waals surface area contributed by atoms with Gasteiger partial charge in [0, 0.05) is 5.92 Å². The van der Waals surface area contributed by atoms with E-state index in [1.54, 1.807) is 0 Å². The molecule has 0 spiro atoms. The van der Waals surface area contributed by atoms with Crippen molar-refractivity contribution in [2.24, 2.45) is 0 Å². The van der Waals surface area contributed by atoms with Gasteiger partial charge in [0.15, 0.2) is 0 Å². The molecule has 0 saturated carbocycles. The van der Waals surface area contributed by atoms with Crippen molar-refractivity contribution < 1.29 is 0 Å². The van der Waals surface area contributed by atoms with Crippen molar-refractivity contribution in [3.05, 3.63) is 71.8 Å². The van der Waals surface area contributed by atoms with E-state index < -0.39 is 0 Å². The van der Waals surface area contributed by atoms with E-state index >= 15 is 0 Å². The smallest absolute Gasteiger partial charge is 0.00610 e. The summed E-state index contributed by atoms with van der Waals surface area (Å²) in [7, 11) is 0. The standard InChI is InChI=1S/C14H14.2ClH/c1-12(13-8-4-2-5-9-13)14-10-6-3-7-11-14;;/h2-12H,1H3;2*1H. The molecule has 0 aliphatic carbocycles. The fourth-order valence-corrected chi connectivity index (χ4v) is 1.68. The molecule has 0 bridgehead atoms. The van der Waals surface area contributed by atoms with Crippen LogP contribution in [0.2, 0.25) is 0 Å². The number of hydrogen-bond donors (Lipinski definition) is 0. The first-order valence-corrected chi connectivity index (χ1v) is 4.98. The van der Waals surface area contributed by atoms with Crippen LogP contribution in [0.4, 0.5) is 0 Å². The third-order valence-corrected chi connectivity index (χ3v) is 2.60. The van der Waals surface area contributed by atoms with Gasteiger partial charge in [-0.05, 0) is 11.1 Å². The Balaban J connectivity index is 0.00000112. The molecule has 2 heteroatoms. The van der Waals surface area contributed by atoms with E-state index in [2.05, 4.69) is 67.6 Å². The van der Waals surface area contributed by atoms with Crippen molar-refractivity contribution in [3.63, 3.8) is 0 Å². The lowest BCUT2D eigenvalue weighted by molar-refractivity contribution is 0.922. The van der Waals surface area contributed by atoms with Gasteiger partial charge in [0.05, 0.1) is 0 Å². The second-order valence-electron chi connectivity index (χ2n) is 3.54. The van der Waals surface area contributed by atoms with Crippen molar-refractivity contribution in [1.29, 1.82) is 0 Å². The lowest BCUT2D eigenvalue weighted by Crippen LogP contribution is -1.94. The first-order chi connectivity index (χ1) is 6.88. The quantitative estimate of drug-likeness (QED) is 0.730. The number of rotatable bonds is 2. The summed E-state index contributed by atoms with van der Waals surface area (Å²) in [5, 5.41) is 0. The molecule has 0 N–H and O–H groups in total. The molecule has 2 aromatic carbocycles. The lowest BCUT2D eigenvalue weighted by Gasteiger charge is -2.11. The zero-order chi connectivity index (χ0) is 9.80. The highest BCUT2D eigenvalue weighted by molar-refractivity contribution is 5.85. The number of halogens is 2. The van der Waals surface area contributed by atoms with E-state index in [0.29, 0.717) is 5.92 Å². The Kier molecular flexibility index (Phi) is 6.87. The SMILES string of the molecule is CC(c1ccccc1)c1ccccc1.Cl.Cl. The van der Waals surface area contributed by atoms with Crippen LogP contribution in [0.25, 0.3) is 0 Å². The minimum atomic E-state index is 0. The van der Waals surface area contributed by atoms with Crippen LogP contribution in [0, 0.1) is 0 Å². The summed E-state index contributed by atoms with van der Waals surface area (Å²) in [6.07, 6.45) is 0. The molecule has 0 atom stereocenters. The zero-order valence-corrected chi connectivity index (χ0v) is 10.8. The highest BCUT2D eigenvalue weighted by atomic mass is 35.5. The topological polar surface area (TPSA) is 0 Å². The third-order valence-electron chi connectivity index (χ3n) is 2.60. The van der Waals surface area contributed by atoms with Crippen molar-refractivity contribution in [3.8, 4) is 0 Å². The second kappa shape index (κ2) is 7.32. The van der Waals surface area contributed by atoms with Crippen LogP contribution < -0.4 is 0 Å². The summed E-state index contributed by atoms with van der Waals surface area (Å²) in [6, 6.07) is 21.2. The third kappa shape index (κ3) is 3.55. The normalized spacial score (nSPS) is 9.12. The molecular formula is C14H16Cl2. The van der Waals surface area contributed by atoms with Crippen LogP contribution in [0.5, 0.6) is 0 Å². The van der Waals surface area contributed by atoms with Gasteiger partial charge >= 0.3 is 0 Å². The van der Waals surface area contributed by atoms with Crippen LogP contribution in [-0.2, 0) is 0 Å². The predicted molar refractivity (Wildman–Crippen MR) is 74.9 cm³/mol. The molecule has 0 fully saturated rings. The Morgan fingerprint density at radius 2 is 0.938 bits per heavy atom. The molecule has 0 aliphatic rings. The van der Waals surface area contributed by atoms with Gasteiger partial charge < -0.3 is 0 Å². The van der Waals surface area contributed by atoms with E-state index in [9.17, 15) is 0 Å². The Morgan fingerprint density at radius 1 is 0.625 bits per heavy atom. The fraction of sp³-hybridized carbons (Fsp3) is 0.143. The van der Waals surface area contributed by atoms with E-state index in [4.69, 9.17) is 0 Å². The van der Waals surface area contributed by atoms with E-state index in [0.717, 1.165) is 0 Å². The Hall–Kier alpha value is -0.980. The summed E-state index contributed by atoms with van der Waals surface area (Å²) in [4.78, 5) is 0. The van der Waals surface area contributed by atoms with Gasteiger partial charge in [-0.2, -0.15) is 0 Å². The maximum absolute atomic E-state index is 2.24. The van der Waals surface area contributed by atoms with Gasteiger partial charge in [0.25, 0.3) is 0 Å². The molecule has 0 aromatic heterocycles. The molecule has 0 radical (unpaired) electrons. The average Bonchev–Trinajstić information content (AvgIpc) is 2.30. The van der Waals surface area contributed by atoms with Gasteiger partial charge in [0.1, 0.15) is 0 Å². The van der Waals surface area contributed by atoms with Gasteiger partial charge in [-0.25, -0.2) is 0 Å². The summed E-state index contributed by atoms with van der Waals surface area (Å²) in [6.45, 7) is 2.24. The highest BCUT2D eigenvalue weighted by Crippen LogP contribution is 2.22. The minimum Gasteiger partial charge on any atom is -0.147 e. The summed E-state index contributed by atoms with van der Waals surface area (Å²) >= 11 is 0. The second-order valence-corrected chi connectivity index (χ2v) is 3.54. The molecule has 86 valence electrons. The molecule has 0 saturated heterocycles. The first kappa shape index (κ1) is 15.0. The summed E-state index contributed by atoms with van der Waals surface area (Å²) in [5.41, 5.74) is 2.75. The molecule has 16 heavy (non-hydrogen) atoms. The van der Waals surface area contributed by atoms with Gasteiger partial charge in [0.2, 0.25) is 0 Å². The summed E-state index contributed by atoms with van der Waals surface area (Å²) < 4.78 is 0. The van der Waals surface area contributed by atoms with E-state index in [1.807, 2.05) is 0 Å². The van der Waals surface area contributed by atoms with Crippen LogP contribution in [0.3, 0.4) is 0 Å². The molecule has 2 rings (SSSR count). The zero-order valence-electron chi connectivity index (χ0n) is 9.17. The largest absolute Gasteiger partial charge is 0.147 e. The predicted octanol–water partition coefficient (Wildman–Crippen LogP) is 4.68. The monoisotopic (exact) mass is 254 g/mol. The van der Waals surface area contributed by atoms with Gasteiger partial charge in [-0.15, -0.1) is 24.8 Å². The Bertz CT molecular complexity index is 344.